The van der Waals surface area contributed by atoms with Crippen molar-refractivity contribution in [3.05, 3.63) is 71.7 Å². The Balaban J connectivity index is 1.68. The monoisotopic (exact) mass is 604 g/mol. The van der Waals surface area contributed by atoms with Crippen LogP contribution in [0.3, 0.4) is 0 Å². The van der Waals surface area contributed by atoms with Crippen LogP contribution in [0, 0.1) is 6.92 Å². The largest absolute Gasteiger partial charge is 0.494 e. The molecule has 43 heavy (non-hydrogen) atoms. The van der Waals surface area contributed by atoms with Gasteiger partial charge in [0.2, 0.25) is 17.4 Å². The molecule has 5 aromatic rings. The Morgan fingerprint density at radius 3 is 2.35 bits per heavy atom. The molecule has 222 valence electrons. The first-order valence-corrected chi connectivity index (χ1v) is 14.2. The zero-order valence-electron chi connectivity index (χ0n) is 23.8. The van der Waals surface area contributed by atoms with Crippen molar-refractivity contribution >= 4 is 39.3 Å². The molecule has 0 fully saturated rings. The normalized spacial score (nSPS) is 11.0. The lowest BCUT2D eigenvalue weighted by atomic mass is 10.0. The smallest absolute Gasteiger partial charge is 0.308 e. The average Bonchev–Trinajstić information content (AvgIpc) is 3.66. The molecule has 0 amide bonds. The molecule has 2 aromatic carbocycles. The van der Waals surface area contributed by atoms with Gasteiger partial charge in [0.1, 0.15) is 30.5 Å². The van der Waals surface area contributed by atoms with E-state index in [-0.39, 0.29) is 36.0 Å². The molecule has 0 aliphatic heterocycles. The van der Waals surface area contributed by atoms with Gasteiger partial charge in [-0.05, 0) is 74.0 Å². The summed E-state index contributed by atoms with van der Waals surface area (Å²) in [6.45, 7) is 6.80. The number of benzene rings is 2. The second-order valence-corrected chi connectivity index (χ2v) is 10.3. The van der Waals surface area contributed by atoms with Gasteiger partial charge in [0.15, 0.2) is 10.9 Å². The quantitative estimate of drug-likeness (QED) is 0.111. The van der Waals surface area contributed by atoms with E-state index in [9.17, 15) is 19.5 Å². The number of furan rings is 1. The van der Waals surface area contributed by atoms with Gasteiger partial charge < -0.3 is 28.5 Å². The highest BCUT2D eigenvalue weighted by molar-refractivity contribution is 7.20. The van der Waals surface area contributed by atoms with Crippen LogP contribution in [0.4, 0.5) is 0 Å². The molecule has 0 bridgehead atoms. The lowest BCUT2D eigenvalue weighted by Crippen LogP contribution is -2.09. The minimum absolute atomic E-state index is 0.000355. The van der Waals surface area contributed by atoms with Crippen molar-refractivity contribution < 1.29 is 42.9 Å². The number of hydrogen-bond donors (Lipinski definition) is 1. The topological polar surface area (TPSA) is 139 Å². The highest BCUT2D eigenvalue weighted by Gasteiger charge is 2.34. The standard InChI is InChI=1S/C31H28N2O9S/c1-5-38-22-11-12-23-25(16-22)43-31(32-23)33-27(20-7-9-21(10-8-20)40-15-14-39-18(3)34)26(29(30(33)37)42-19(4)35)28(36)24-13-6-17(2)41-24/h6-13,16,37H,5,14-15H2,1-4H3. The van der Waals surface area contributed by atoms with Gasteiger partial charge in [0, 0.05) is 13.8 Å². The van der Waals surface area contributed by atoms with E-state index >= 15 is 0 Å². The molecule has 5 rings (SSSR count). The number of carbonyl (C=O) groups excluding carboxylic acids is 3. The van der Waals surface area contributed by atoms with Crippen LogP contribution in [0.2, 0.25) is 0 Å². The maximum absolute atomic E-state index is 13.9. The molecule has 0 aliphatic carbocycles. The molecule has 0 spiro atoms. The van der Waals surface area contributed by atoms with Crippen molar-refractivity contribution in [1.82, 2.24) is 9.55 Å². The zero-order valence-corrected chi connectivity index (χ0v) is 24.6. The number of aryl methyl sites for hydroxylation is 1. The highest BCUT2D eigenvalue weighted by atomic mass is 32.1. The predicted octanol–water partition coefficient (Wildman–Crippen LogP) is 5.86. The lowest BCUT2D eigenvalue weighted by molar-refractivity contribution is -0.141. The minimum Gasteiger partial charge on any atom is -0.494 e. The molecule has 0 atom stereocenters. The van der Waals surface area contributed by atoms with E-state index in [1.165, 1.54) is 35.8 Å². The Labute approximate surface area is 250 Å². The fourth-order valence-corrected chi connectivity index (χ4v) is 5.43. The van der Waals surface area contributed by atoms with Crippen LogP contribution < -0.4 is 14.2 Å². The molecule has 11 nitrogen and oxygen atoms in total. The number of ketones is 1. The van der Waals surface area contributed by atoms with Gasteiger partial charge in [-0.25, -0.2) is 4.98 Å². The van der Waals surface area contributed by atoms with Crippen molar-refractivity contribution in [3.8, 4) is 39.5 Å². The van der Waals surface area contributed by atoms with Crippen molar-refractivity contribution in [2.75, 3.05) is 19.8 Å². The van der Waals surface area contributed by atoms with Crippen molar-refractivity contribution in [3.63, 3.8) is 0 Å². The second kappa shape index (κ2) is 12.4. The van der Waals surface area contributed by atoms with Crippen molar-refractivity contribution in [1.29, 1.82) is 0 Å². The van der Waals surface area contributed by atoms with Gasteiger partial charge in [-0.1, -0.05) is 11.3 Å². The van der Waals surface area contributed by atoms with E-state index in [4.69, 9.17) is 28.3 Å². The van der Waals surface area contributed by atoms with Crippen LogP contribution >= 0.6 is 11.3 Å². The van der Waals surface area contributed by atoms with E-state index in [2.05, 4.69) is 0 Å². The summed E-state index contributed by atoms with van der Waals surface area (Å²) in [5, 5.41) is 11.9. The summed E-state index contributed by atoms with van der Waals surface area (Å²) in [4.78, 5) is 41.8. The predicted molar refractivity (Wildman–Crippen MR) is 158 cm³/mol. The number of aromatic hydroxyl groups is 1. The van der Waals surface area contributed by atoms with Crippen LogP contribution in [0.1, 0.15) is 42.6 Å². The summed E-state index contributed by atoms with van der Waals surface area (Å²) in [5.74, 6) is -0.890. The fraction of sp³-hybridized carbons (Fsp3) is 0.226. The SMILES string of the molecule is CCOc1ccc2nc(-n3c(O)c(OC(C)=O)c(C(=O)c4ccc(C)o4)c3-c3ccc(OCCOC(C)=O)cc3)sc2c1. The van der Waals surface area contributed by atoms with Crippen LogP contribution in [0.25, 0.3) is 26.6 Å². The maximum Gasteiger partial charge on any atom is 0.308 e. The average molecular weight is 605 g/mol. The Bertz CT molecular complexity index is 1810. The number of ether oxygens (including phenoxy) is 4. The van der Waals surface area contributed by atoms with E-state index in [1.807, 2.05) is 13.0 Å². The summed E-state index contributed by atoms with van der Waals surface area (Å²) in [6, 6.07) is 15.3. The minimum atomic E-state index is -0.731. The number of rotatable bonds is 11. The maximum atomic E-state index is 13.9. The van der Waals surface area contributed by atoms with Gasteiger partial charge >= 0.3 is 11.9 Å². The summed E-state index contributed by atoms with van der Waals surface area (Å²) in [6.07, 6.45) is 0. The van der Waals surface area contributed by atoms with Crippen molar-refractivity contribution in [2.45, 2.75) is 27.7 Å². The number of carbonyl (C=O) groups is 3. The van der Waals surface area contributed by atoms with Crippen LogP contribution in [0.5, 0.6) is 23.1 Å². The third kappa shape index (κ3) is 6.24. The third-order valence-corrected chi connectivity index (χ3v) is 7.18. The first-order chi connectivity index (χ1) is 20.7. The van der Waals surface area contributed by atoms with Gasteiger partial charge in [0.05, 0.1) is 28.1 Å². The van der Waals surface area contributed by atoms with Gasteiger partial charge in [-0.15, -0.1) is 0 Å². The number of hydrogen-bond acceptors (Lipinski definition) is 11. The summed E-state index contributed by atoms with van der Waals surface area (Å²) in [5.41, 5.74) is 1.27. The highest BCUT2D eigenvalue weighted by Crippen LogP contribution is 2.46. The van der Waals surface area contributed by atoms with Crippen LogP contribution in [-0.2, 0) is 14.3 Å². The number of aromatic nitrogens is 2. The van der Waals surface area contributed by atoms with Gasteiger partial charge in [-0.3, -0.25) is 19.0 Å². The molecule has 12 heteroatoms. The number of fused-ring (bicyclic) bond motifs is 1. The van der Waals surface area contributed by atoms with E-state index < -0.39 is 23.6 Å². The molecule has 3 heterocycles. The lowest BCUT2D eigenvalue weighted by Gasteiger charge is -2.11. The molecule has 0 aliphatic rings. The van der Waals surface area contributed by atoms with Gasteiger partial charge in [0.25, 0.3) is 0 Å². The molecular weight excluding hydrogens is 576 g/mol. The molecule has 0 saturated heterocycles. The number of esters is 2. The molecule has 3 aromatic heterocycles. The van der Waals surface area contributed by atoms with E-state index in [0.29, 0.717) is 40.1 Å². The number of nitrogens with zero attached hydrogens (tertiary/aromatic N) is 2. The van der Waals surface area contributed by atoms with Crippen molar-refractivity contribution in [2.24, 2.45) is 0 Å². The molecule has 1 N–H and O–H groups in total. The first kappa shape index (κ1) is 29.4. The van der Waals surface area contributed by atoms with E-state index in [0.717, 1.165) is 4.70 Å². The molecule has 0 saturated carbocycles. The van der Waals surface area contributed by atoms with Crippen LogP contribution in [-0.4, -0.2) is 52.2 Å². The fourth-order valence-electron chi connectivity index (χ4n) is 4.43. The van der Waals surface area contributed by atoms with Gasteiger partial charge in [-0.2, -0.15) is 0 Å². The molecule has 0 radical (unpaired) electrons. The zero-order chi connectivity index (χ0) is 30.7. The molecular formula is C31H28N2O9S. The Hall–Kier alpha value is -5.10. The molecule has 0 unspecified atom stereocenters. The summed E-state index contributed by atoms with van der Waals surface area (Å²) in [7, 11) is 0. The Kier molecular flexibility index (Phi) is 8.48. The van der Waals surface area contributed by atoms with Crippen LogP contribution in [0.15, 0.2) is 59.0 Å². The second-order valence-electron chi connectivity index (χ2n) is 9.32. The van der Waals surface area contributed by atoms with E-state index in [1.54, 1.807) is 49.4 Å². The Morgan fingerprint density at radius 2 is 1.70 bits per heavy atom. The number of thiazole rings is 1. The Morgan fingerprint density at radius 1 is 0.953 bits per heavy atom. The summed E-state index contributed by atoms with van der Waals surface area (Å²) < 4.78 is 29.4. The summed E-state index contributed by atoms with van der Waals surface area (Å²) >= 11 is 1.26. The first-order valence-electron chi connectivity index (χ1n) is 13.3. The third-order valence-electron chi connectivity index (χ3n) is 6.18.